The van der Waals surface area contributed by atoms with E-state index in [1.165, 1.54) is 0 Å². The molecule has 12 N–H and O–H groups in total. The molecule has 0 aliphatic carbocycles. The standard InChI is InChI=1S/C12H26N8O3.ClH/c13-7(3-1-5-19-11(15)16)9(21)23-10(22)8(14)4-2-6-20-12(17)18;/h7-8H,1-6,13-14H2,(H4,15,16,19)(H4,17,18,20);1H/t7-,8-;/m0./s1. The molecule has 0 fully saturated rings. The van der Waals surface area contributed by atoms with Crippen LogP contribution in [0.3, 0.4) is 0 Å². The summed E-state index contributed by atoms with van der Waals surface area (Å²) in [6, 6.07) is -1.89. The van der Waals surface area contributed by atoms with Gasteiger partial charge in [0.2, 0.25) is 0 Å². The molecule has 2 atom stereocenters. The molecule has 0 radical (unpaired) electrons. The van der Waals surface area contributed by atoms with E-state index in [-0.39, 0.29) is 37.2 Å². The van der Waals surface area contributed by atoms with Crippen molar-refractivity contribution in [1.29, 1.82) is 10.8 Å². The first-order valence-corrected chi connectivity index (χ1v) is 7.16. The maximum atomic E-state index is 11.6. The van der Waals surface area contributed by atoms with Gasteiger partial charge in [-0.3, -0.25) is 10.8 Å². The van der Waals surface area contributed by atoms with E-state index in [4.69, 9.17) is 33.8 Å². The molecule has 0 aliphatic heterocycles. The lowest BCUT2D eigenvalue weighted by atomic mass is 10.1. The first-order chi connectivity index (χ1) is 10.7. The van der Waals surface area contributed by atoms with E-state index < -0.39 is 24.0 Å². The van der Waals surface area contributed by atoms with Crippen LogP contribution in [-0.2, 0) is 14.3 Å². The van der Waals surface area contributed by atoms with Crippen molar-refractivity contribution in [3.8, 4) is 0 Å². The summed E-state index contributed by atoms with van der Waals surface area (Å²) < 4.78 is 4.63. The number of nitrogens with one attached hydrogen (secondary N) is 4. The zero-order valence-corrected chi connectivity index (χ0v) is 14.2. The third-order valence-corrected chi connectivity index (χ3v) is 2.82. The third kappa shape index (κ3) is 12.4. The maximum absolute atomic E-state index is 11.6. The third-order valence-electron chi connectivity index (χ3n) is 2.82. The number of carbonyl (C=O) groups excluding carboxylic acids is 2. The summed E-state index contributed by atoms with van der Waals surface area (Å²) in [6.45, 7) is 0.792. The number of carbonyl (C=O) groups is 2. The Hall–Kier alpha value is -2.11. The molecule has 0 saturated heterocycles. The Balaban J connectivity index is 0. The maximum Gasteiger partial charge on any atom is 0.330 e. The second-order valence-corrected chi connectivity index (χ2v) is 4.92. The Morgan fingerprint density at radius 1 is 0.875 bits per heavy atom. The van der Waals surface area contributed by atoms with Gasteiger partial charge in [-0.05, 0) is 25.7 Å². The smallest absolute Gasteiger partial charge is 0.330 e. The first kappa shape index (κ1) is 24.1. The molecule has 0 aliphatic rings. The number of guanidine groups is 2. The number of esters is 2. The van der Waals surface area contributed by atoms with E-state index in [1.807, 2.05) is 0 Å². The minimum absolute atomic E-state index is 0. The van der Waals surface area contributed by atoms with Crippen LogP contribution in [0.15, 0.2) is 0 Å². The van der Waals surface area contributed by atoms with E-state index in [0.717, 1.165) is 0 Å². The Kier molecular flexibility index (Phi) is 13.4. The molecular weight excluding hydrogens is 340 g/mol. The zero-order chi connectivity index (χ0) is 17.8. The summed E-state index contributed by atoms with van der Waals surface area (Å²) in [5.41, 5.74) is 21.4. The van der Waals surface area contributed by atoms with Crippen LogP contribution in [0.4, 0.5) is 0 Å². The van der Waals surface area contributed by atoms with Crippen LogP contribution in [0.5, 0.6) is 0 Å². The second-order valence-electron chi connectivity index (χ2n) is 4.92. The van der Waals surface area contributed by atoms with Gasteiger partial charge in [-0.15, -0.1) is 12.4 Å². The number of hydrogen-bond donors (Lipinski definition) is 8. The van der Waals surface area contributed by atoms with Crippen molar-refractivity contribution in [1.82, 2.24) is 10.6 Å². The molecule has 140 valence electrons. The summed E-state index contributed by atoms with van der Waals surface area (Å²) in [5, 5.41) is 19.1. The highest BCUT2D eigenvalue weighted by Gasteiger charge is 2.22. The van der Waals surface area contributed by atoms with Crippen molar-refractivity contribution in [3.05, 3.63) is 0 Å². The number of halogens is 1. The number of rotatable bonds is 10. The monoisotopic (exact) mass is 366 g/mol. The molecule has 0 unspecified atom stereocenters. The molecular formula is C12H27ClN8O3. The lowest BCUT2D eigenvalue weighted by Gasteiger charge is -2.14. The molecule has 11 nitrogen and oxygen atoms in total. The second kappa shape index (κ2) is 13.3. The summed E-state index contributed by atoms with van der Waals surface area (Å²) in [5.74, 6) is -2.01. The fourth-order valence-corrected chi connectivity index (χ4v) is 1.58. The summed E-state index contributed by atoms with van der Waals surface area (Å²) in [4.78, 5) is 23.3. The Bertz CT molecular complexity index is 397. The SMILES string of the molecule is Cl.N=C(N)NCCC[C@H](N)C(=O)OC(=O)[C@@H](N)CCCNC(=N)N. The van der Waals surface area contributed by atoms with Crippen molar-refractivity contribution < 1.29 is 14.3 Å². The number of hydrogen-bond acceptors (Lipinski definition) is 7. The first-order valence-electron chi connectivity index (χ1n) is 7.16. The molecule has 0 amide bonds. The van der Waals surface area contributed by atoms with Crippen molar-refractivity contribution in [2.45, 2.75) is 37.8 Å². The van der Waals surface area contributed by atoms with E-state index in [2.05, 4.69) is 15.4 Å². The van der Waals surface area contributed by atoms with Crippen molar-refractivity contribution in [3.63, 3.8) is 0 Å². The van der Waals surface area contributed by atoms with Gasteiger partial charge in [0.1, 0.15) is 12.1 Å². The van der Waals surface area contributed by atoms with Gasteiger partial charge >= 0.3 is 11.9 Å². The molecule has 0 aromatic rings. The molecule has 0 rings (SSSR count). The molecule has 0 aromatic heterocycles. The van der Waals surface area contributed by atoms with E-state index in [0.29, 0.717) is 25.9 Å². The highest BCUT2D eigenvalue weighted by atomic mass is 35.5. The van der Waals surface area contributed by atoms with Crippen molar-refractivity contribution in [2.75, 3.05) is 13.1 Å². The zero-order valence-electron chi connectivity index (χ0n) is 13.3. The number of nitrogens with two attached hydrogens (primary N) is 4. The highest BCUT2D eigenvalue weighted by Crippen LogP contribution is 2.01. The highest BCUT2D eigenvalue weighted by molar-refractivity contribution is 5.90. The van der Waals surface area contributed by atoms with Crippen molar-refractivity contribution in [2.24, 2.45) is 22.9 Å². The minimum atomic E-state index is -0.945. The Labute approximate surface area is 146 Å². The summed E-state index contributed by atoms with van der Waals surface area (Å²) >= 11 is 0. The lowest BCUT2D eigenvalue weighted by Crippen LogP contribution is -2.40. The van der Waals surface area contributed by atoms with E-state index >= 15 is 0 Å². The quantitative estimate of drug-likeness (QED) is 0.0680. The fourth-order valence-electron chi connectivity index (χ4n) is 1.58. The lowest BCUT2D eigenvalue weighted by molar-refractivity contribution is -0.161. The molecule has 0 saturated carbocycles. The number of ether oxygens (including phenoxy) is 1. The predicted molar refractivity (Wildman–Crippen MR) is 92.6 cm³/mol. The van der Waals surface area contributed by atoms with Crippen LogP contribution < -0.4 is 33.6 Å². The Morgan fingerprint density at radius 2 is 1.21 bits per heavy atom. The average Bonchev–Trinajstić information content (AvgIpc) is 2.46. The molecule has 0 aromatic carbocycles. The van der Waals surface area contributed by atoms with Gasteiger partial charge in [-0.25, -0.2) is 9.59 Å². The predicted octanol–water partition coefficient (Wildman–Crippen LogP) is -2.34. The van der Waals surface area contributed by atoms with E-state index in [1.54, 1.807) is 0 Å². The van der Waals surface area contributed by atoms with Gasteiger partial charge < -0.3 is 38.3 Å². The molecule has 12 heteroatoms. The van der Waals surface area contributed by atoms with Gasteiger partial charge in [-0.2, -0.15) is 0 Å². The van der Waals surface area contributed by atoms with Crippen molar-refractivity contribution >= 4 is 36.3 Å². The minimum Gasteiger partial charge on any atom is -0.391 e. The molecule has 0 heterocycles. The molecule has 0 spiro atoms. The molecule has 24 heavy (non-hydrogen) atoms. The van der Waals surface area contributed by atoms with Crippen LogP contribution in [0.25, 0.3) is 0 Å². The van der Waals surface area contributed by atoms with E-state index in [9.17, 15) is 9.59 Å². The van der Waals surface area contributed by atoms with Crippen LogP contribution in [0, 0.1) is 10.8 Å². The average molecular weight is 367 g/mol. The van der Waals surface area contributed by atoms with Gasteiger partial charge in [0.15, 0.2) is 11.9 Å². The van der Waals surface area contributed by atoms with Crippen LogP contribution in [-0.4, -0.2) is 49.0 Å². The van der Waals surface area contributed by atoms with Gasteiger partial charge in [0.25, 0.3) is 0 Å². The topological polar surface area (TPSA) is 219 Å². The van der Waals surface area contributed by atoms with Crippen LogP contribution in [0.1, 0.15) is 25.7 Å². The van der Waals surface area contributed by atoms with Gasteiger partial charge in [-0.1, -0.05) is 0 Å². The fraction of sp³-hybridized carbons (Fsp3) is 0.667. The Morgan fingerprint density at radius 3 is 1.50 bits per heavy atom. The summed E-state index contributed by atoms with van der Waals surface area (Å²) in [6.07, 6.45) is 1.55. The van der Waals surface area contributed by atoms with Gasteiger partial charge in [0.05, 0.1) is 0 Å². The van der Waals surface area contributed by atoms with Crippen LogP contribution in [0.2, 0.25) is 0 Å². The van der Waals surface area contributed by atoms with Crippen LogP contribution >= 0.6 is 12.4 Å². The normalized spacial score (nSPS) is 12.2. The molecule has 0 bridgehead atoms. The largest absolute Gasteiger partial charge is 0.391 e. The van der Waals surface area contributed by atoms with Gasteiger partial charge in [0, 0.05) is 13.1 Å². The summed E-state index contributed by atoms with van der Waals surface area (Å²) in [7, 11) is 0.